The molecule has 0 unspecified atom stereocenters. The first kappa shape index (κ1) is 10.3. The van der Waals surface area contributed by atoms with Crippen molar-refractivity contribution in [3.63, 3.8) is 0 Å². The van der Waals surface area contributed by atoms with E-state index in [2.05, 4.69) is 4.84 Å². The quantitative estimate of drug-likeness (QED) is 0.508. The summed E-state index contributed by atoms with van der Waals surface area (Å²) in [4.78, 5) is 27.7. The van der Waals surface area contributed by atoms with Crippen LogP contribution in [-0.2, 0) is 4.79 Å². The smallest absolute Gasteiger partial charge is 0.384 e. The molecule has 0 fully saturated rings. The zero-order chi connectivity index (χ0) is 10.9. The summed E-state index contributed by atoms with van der Waals surface area (Å²) in [6.45, 7) is 0.771. The number of halogens is 1. The maximum Gasteiger partial charge on any atom is 0.384 e. The zero-order valence-corrected chi connectivity index (χ0v) is 7.15. The summed E-state index contributed by atoms with van der Waals surface area (Å²) >= 11 is 0. The number of carbonyl (C=O) groups is 1. The Morgan fingerprint density at radius 1 is 1.86 bits per heavy atom. The van der Waals surface area contributed by atoms with Crippen LogP contribution in [0.15, 0.2) is 11.0 Å². The van der Waals surface area contributed by atoms with Crippen LogP contribution in [-0.4, -0.2) is 26.6 Å². The SMILES string of the molecule is C[C@@](N)(F)C(=O)On1cc(O)[nH]c1=O. The fourth-order valence-corrected chi connectivity index (χ4v) is 0.613. The first-order chi connectivity index (χ1) is 6.30. The number of aromatic nitrogens is 2. The van der Waals surface area contributed by atoms with Gasteiger partial charge in [-0.3, -0.25) is 10.7 Å². The Balaban J connectivity index is 2.85. The molecule has 0 radical (unpaired) electrons. The Morgan fingerprint density at radius 2 is 2.43 bits per heavy atom. The number of aromatic hydroxyl groups is 1. The van der Waals surface area contributed by atoms with Crippen LogP contribution in [0.3, 0.4) is 0 Å². The normalized spacial score (nSPS) is 14.8. The molecule has 0 spiro atoms. The minimum Gasteiger partial charge on any atom is -0.493 e. The van der Waals surface area contributed by atoms with E-state index in [0.717, 1.165) is 13.1 Å². The minimum absolute atomic E-state index is 0.336. The Kier molecular flexibility index (Phi) is 2.30. The summed E-state index contributed by atoms with van der Waals surface area (Å²) in [5.74, 6) is -4.66. The molecule has 4 N–H and O–H groups in total. The van der Waals surface area contributed by atoms with Crippen LogP contribution in [0.1, 0.15) is 6.92 Å². The van der Waals surface area contributed by atoms with Gasteiger partial charge in [0.25, 0.3) is 5.79 Å². The molecule has 0 bridgehead atoms. The van der Waals surface area contributed by atoms with Crippen molar-refractivity contribution in [3.05, 3.63) is 16.7 Å². The molecular formula is C6H8FN3O4. The summed E-state index contributed by atoms with van der Waals surface area (Å²) in [6.07, 6.45) is 0.770. The fraction of sp³-hybridized carbons (Fsp3) is 0.333. The number of hydrogen-bond donors (Lipinski definition) is 3. The lowest BCUT2D eigenvalue weighted by Gasteiger charge is -2.11. The third-order valence-corrected chi connectivity index (χ3v) is 1.26. The number of hydrogen-bond acceptors (Lipinski definition) is 5. The molecule has 0 aliphatic heterocycles. The molecule has 0 aromatic carbocycles. The van der Waals surface area contributed by atoms with Gasteiger partial charge in [-0.15, -0.1) is 4.73 Å². The van der Waals surface area contributed by atoms with Crippen LogP contribution in [0.4, 0.5) is 4.39 Å². The third-order valence-electron chi connectivity index (χ3n) is 1.26. The van der Waals surface area contributed by atoms with Gasteiger partial charge in [0.05, 0.1) is 0 Å². The van der Waals surface area contributed by atoms with Gasteiger partial charge in [-0.25, -0.2) is 14.0 Å². The average Bonchev–Trinajstić information content (AvgIpc) is 2.28. The van der Waals surface area contributed by atoms with E-state index in [0.29, 0.717) is 4.73 Å². The second kappa shape index (κ2) is 3.14. The average molecular weight is 205 g/mol. The molecule has 0 amide bonds. The highest BCUT2D eigenvalue weighted by Crippen LogP contribution is 2.02. The van der Waals surface area contributed by atoms with Crippen molar-refractivity contribution in [2.24, 2.45) is 5.73 Å². The Labute approximate surface area is 76.9 Å². The molecule has 1 aromatic rings. The monoisotopic (exact) mass is 205 g/mol. The van der Waals surface area contributed by atoms with Gasteiger partial charge in [-0.05, 0) is 6.92 Å². The predicted octanol–water partition coefficient (Wildman–Crippen LogP) is -1.52. The number of aromatic amines is 1. The van der Waals surface area contributed by atoms with Crippen LogP contribution in [0, 0.1) is 0 Å². The van der Waals surface area contributed by atoms with Gasteiger partial charge in [0.15, 0.2) is 0 Å². The number of nitrogens with two attached hydrogens (primary N) is 1. The number of imidazole rings is 1. The highest BCUT2D eigenvalue weighted by atomic mass is 19.1. The van der Waals surface area contributed by atoms with Gasteiger partial charge in [0.2, 0.25) is 5.88 Å². The van der Waals surface area contributed by atoms with Gasteiger partial charge in [-0.2, -0.15) is 0 Å². The molecule has 0 aliphatic carbocycles. The van der Waals surface area contributed by atoms with Crippen LogP contribution >= 0.6 is 0 Å². The van der Waals surface area contributed by atoms with Gasteiger partial charge < -0.3 is 9.94 Å². The number of rotatable bonds is 2. The van der Waals surface area contributed by atoms with E-state index < -0.39 is 23.3 Å². The summed E-state index contributed by atoms with van der Waals surface area (Å²) in [6, 6.07) is 0. The number of alkyl halides is 1. The second-order valence-electron chi connectivity index (χ2n) is 2.72. The number of nitrogens with zero attached hydrogens (tertiary/aromatic N) is 1. The zero-order valence-electron chi connectivity index (χ0n) is 7.15. The molecule has 1 atom stereocenters. The molecule has 78 valence electrons. The predicted molar refractivity (Wildman–Crippen MR) is 42.0 cm³/mol. The first-order valence-corrected chi connectivity index (χ1v) is 3.52. The van der Waals surface area contributed by atoms with Crippen molar-refractivity contribution in [1.29, 1.82) is 0 Å². The lowest BCUT2D eigenvalue weighted by Crippen LogP contribution is -2.46. The highest BCUT2D eigenvalue weighted by molar-refractivity contribution is 5.78. The molecule has 1 rings (SSSR count). The molecular weight excluding hydrogens is 197 g/mol. The van der Waals surface area contributed by atoms with E-state index in [1.807, 2.05) is 4.98 Å². The molecule has 0 saturated carbocycles. The van der Waals surface area contributed by atoms with Crippen molar-refractivity contribution >= 4 is 5.97 Å². The number of H-pyrrole nitrogens is 1. The fourth-order valence-electron chi connectivity index (χ4n) is 0.613. The first-order valence-electron chi connectivity index (χ1n) is 3.52. The van der Waals surface area contributed by atoms with E-state index in [9.17, 15) is 14.0 Å². The Hall–Kier alpha value is -1.83. The second-order valence-corrected chi connectivity index (χ2v) is 2.72. The van der Waals surface area contributed by atoms with Crippen LogP contribution in [0.2, 0.25) is 0 Å². The standard InChI is InChI=1S/C6H8FN3O4/c1-6(7,8)4(12)14-10-2-3(11)9-5(10)13/h2,11H,8H2,1H3,(H,9,13)/t6-/m0/s1. The largest absolute Gasteiger partial charge is 0.493 e. The van der Waals surface area contributed by atoms with E-state index in [4.69, 9.17) is 10.8 Å². The maximum atomic E-state index is 12.7. The Morgan fingerprint density at radius 3 is 2.79 bits per heavy atom. The lowest BCUT2D eigenvalue weighted by atomic mass is 10.3. The number of nitrogens with one attached hydrogen (secondary N) is 1. The van der Waals surface area contributed by atoms with Gasteiger partial charge in [0, 0.05) is 0 Å². The van der Waals surface area contributed by atoms with Crippen LogP contribution < -0.4 is 16.3 Å². The number of carbonyl (C=O) groups excluding carboxylic acids is 1. The van der Waals surface area contributed by atoms with E-state index in [1.54, 1.807) is 0 Å². The van der Waals surface area contributed by atoms with E-state index in [-0.39, 0.29) is 0 Å². The van der Waals surface area contributed by atoms with Crippen LogP contribution in [0.5, 0.6) is 5.88 Å². The van der Waals surface area contributed by atoms with Crippen molar-refractivity contribution in [3.8, 4) is 5.88 Å². The van der Waals surface area contributed by atoms with Crippen molar-refractivity contribution in [2.45, 2.75) is 12.7 Å². The summed E-state index contributed by atoms with van der Waals surface area (Å²) in [5.41, 5.74) is 3.84. The van der Waals surface area contributed by atoms with E-state index >= 15 is 0 Å². The molecule has 8 heteroatoms. The lowest BCUT2D eigenvalue weighted by molar-refractivity contribution is -0.157. The van der Waals surface area contributed by atoms with Crippen molar-refractivity contribution in [2.75, 3.05) is 0 Å². The van der Waals surface area contributed by atoms with E-state index in [1.165, 1.54) is 0 Å². The third kappa shape index (κ3) is 2.10. The molecule has 7 nitrogen and oxygen atoms in total. The topological polar surface area (TPSA) is 110 Å². The summed E-state index contributed by atoms with van der Waals surface area (Å²) in [7, 11) is 0. The van der Waals surface area contributed by atoms with Crippen LogP contribution in [0.25, 0.3) is 0 Å². The van der Waals surface area contributed by atoms with Gasteiger partial charge in [-0.1, -0.05) is 0 Å². The molecule has 0 aliphatic rings. The molecule has 1 aromatic heterocycles. The minimum atomic E-state index is -2.70. The summed E-state index contributed by atoms with van der Waals surface area (Å²) < 4.78 is 13.1. The van der Waals surface area contributed by atoms with Crippen molar-refractivity contribution < 1.29 is 19.1 Å². The molecule has 14 heavy (non-hydrogen) atoms. The Bertz CT molecular complexity index is 402. The summed E-state index contributed by atoms with van der Waals surface area (Å²) in [5, 5.41) is 8.76. The van der Waals surface area contributed by atoms with Gasteiger partial charge >= 0.3 is 11.7 Å². The molecule has 1 heterocycles. The van der Waals surface area contributed by atoms with Gasteiger partial charge in [0.1, 0.15) is 6.20 Å². The van der Waals surface area contributed by atoms with Crippen molar-refractivity contribution in [1.82, 2.24) is 9.71 Å². The highest BCUT2D eigenvalue weighted by Gasteiger charge is 2.31. The maximum absolute atomic E-state index is 12.7. The molecule has 0 saturated heterocycles.